The van der Waals surface area contributed by atoms with E-state index in [2.05, 4.69) is 4.94 Å². The second-order valence-electron chi connectivity index (χ2n) is 3.53. The third kappa shape index (κ3) is 2.58. The Morgan fingerprint density at radius 3 is 2.06 bits per heavy atom. The smallest absolute Gasteiger partial charge is 0.263 e. The summed E-state index contributed by atoms with van der Waals surface area (Å²) >= 11 is 5.68. The number of hydrogen-bond donors (Lipinski definition) is 1. The zero-order chi connectivity index (χ0) is 13.0. The summed E-state index contributed by atoms with van der Waals surface area (Å²) < 4.78 is 0. The number of hydrogen-bond acceptors (Lipinski definition) is 4. The van der Waals surface area contributed by atoms with Gasteiger partial charge in [0.25, 0.3) is 5.69 Å². The lowest BCUT2D eigenvalue weighted by Gasteiger charge is -2.21. The second kappa shape index (κ2) is 5.48. The highest BCUT2D eigenvalue weighted by Crippen LogP contribution is 2.25. The molecule has 0 atom stereocenters. The Morgan fingerprint density at radius 1 is 1.00 bits per heavy atom. The molecule has 1 N–H and O–H groups in total. The third-order valence-corrected chi connectivity index (χ3v) is 2.59. The van der Waals surface area contributed by atoms with Gasteiger partial charge in [-0.1, -0.05) is 18.2 Å². The van der Waals surface area contributed by atoms with Crippen molar-refractivity contribution in [3.63, 3.8) is 0 Å². The van der Waals surface area contributed by atoms with Crippen LogP contribution in [0.5, 0.6) is 0 Å². The first kappa shape index (κ1) is 12.3. The maximum absolute atomic E-state index is 10.6. The van der Waals surface area contributed by atoms with Crippen LogP contribution in [0.4, 0.5) is 17.1 Å². The van der Waals surface area contributed by atoms with Crippen molar-refractivity contribution in [2.24, 2.45) is 0 Å². The molecule has 0 saturated carbocycles. The van der Waals surface area contributed by atoms with Crippen LogP contribution in [0.15, 0.2) is 54.6 Å². The molecule has 0 unspecified atom stereocenters. The highest BCUT2D eigenvalue weighted by molar-refractivity contribution is 6.14. The van der Waals surface area contributed by atoms with Crippen LogP contribution in [0.1, 0.15) is 0 Å². The Balaban J connectivity index is 2.31. The fourth-order valence-electron chi connectivity index (χ4n) is 1.55. The monoisotopic (exact) mass is 263 g/mol. The Labute approximate surface area is 109 Å². The molecule has 0 fully saturated rings. The second-order valence-corrected chi connectivity index (χ2v) is 3.70. The summed E-state index contributed by atoms with van der Waals surface area (Å²) in [4.78, 5) is 12.7. The van der Waals surface area contributed by atoms with E-state index < -0.39 is 4.92 Å². The van der Waals surface area contributed by atoms with Crippen LogP contribution in [-0.2, 0) is 0 Å². The quantitative estimate of drug-likeness (QED) is 0.522. The van der Waals surface area contributed by atoms with Crippen molar-refractivity contribution in [1.82, 2.24) is 4.94 Å². The molecular formula is C12H10ClN3O2. The molecule has 0 amide bonds. The van der Waals surface area contributed by atoms with E-state index in [1.54, 1.807) is 17.1 Å². The van der Waals surface area contributed by atoms with E-state index in [0.717, 1.165) is 5.69 Å². The maximum Gasteiger partial charge on any atom is 0.269 e. The fraction of sp³-hybridized carbons (Fsp3) is 0. The van der Waals surface area contributed by atoms with E-state index in [9.17, 15) is 10.1 Å². The van der Waals surface area contributed by atoms with E-state index >= 15 is 0 Å². The standard InChI is InChI=1S/C12H10ClN3O2/c13-14-15(10-4-2-1-3-5-10)11-6-8-12(9-7-11)16(17)18/h1-9,14H. The first-order valence-corrected chi connectivity index (χ1v) is 5.56. The first-order valence-electron chi connectivity index (χ1n) is 5.18. The number of nitro groups is 1. The normalized spacial score (nSPS) is 10.1. The average molecular weight is 264 g/mol. The molecule has 0 aromatic heterocycles. The van der Waals surface area contributed by atoms with Gasteiger partial charge in [0.1, 0.15) is 0 Å². The molecule has 0 radical (unpaired) electrons. The Hall–Kier alpha value is -2.11. The summed E-state index contributed by atoms with van der Waals surface area (Å²) in [5.41, 5.74) is 1.59. The summed E-state index contributed by atoms with van der Waals surface area (Å²) in [6.45, 7) is 0. The number of non-ortho nitro benzene ring substituents is 1. The lowest BCUT2D eigenvalue weighted by molar-refractivity contribution is -0.384. The van der Waals surface area contributed by atoms with Crippen LogP contribution >= 0.6 is 11.8 Å². The van der Waals surface area contributed by atoms with Crippen molar-refractivity contribution < 1.29 is 4.92 Å². The van der Waals surface area contributed by atoms with Gasteiger partial charge in [-0.15, -0.1) is 4.94 Å². The lowest BCUT2D eigenvalue weighted by atomic mass is 10.2. The van der Waals surface area contributed by atoms with Crippen LogP contribution in [-0.4, -0.2) is 4.92 Å². The minimum Gasteiger partial charge on any atom is -0.263 e. The van der Waals surface area contributed by atoms with E-state index in [1.165, 1.54) is 12.1 Å². The van der Waals surface area contributed by atoms with Gasteiger partial charge >= 0.3 is 0 Å². The van der Waals surface area contributed by atoms with Gasteiger partial charge in [0.05, 0.1) is 16.3 Å². The molecule has 0 bridgehead atoms. The molecule has 0 heterocycles. The molecular weight excluding hydrogens is 254 g/mol. The molecule has 0 aliphatic rings. The third-order valence-electron chi connectivity index (χ3n) is 2.42. The summed E-state index contributed by atoms with van der Waals surface area (Å²) in [5, 5.41) is 12.2. The number of nitro benzene ring substituents is 1. The molecule has 0 saturated heterocycles. The first-order chi connectivity index (χ1) is 8.72. The minimum absolute atomic E-state index is 0.0429. The van der Waals surface area contributed by atoms with Gasteiger partial charge in [-0.05, 0) is 36.0 Å². The number of benzene rings is 2. The number of halogens is 1. The van der Waals surface area contributed by atoms with Crippen molar-refractivity contribution in [1.29, 1.82) is 0 Å². The molecule has 18 heavy (non-hydrogen) atoms. The number of nitrogens with zero attached hydrogens (tertiary/aromatic N) is 2. The van der Waals surface area contributed by atoms with Gasteiger partial charge in [0.15, 0.2) is 0 Å². The Kier molecular flexibility index (Phi) is 3.76. The average Bonchev–Trinajstić information content (AvgIpc) is 2.41. The highest BCUT2D eigenvalue weighted by atomic mass is 35.5. The van der Waals surface area contributed by atoms with Gasteiger partial charge in [-0.2, -0.15) is 0 Å². The van der Waals surface area contributed by atoms with Gasteiger partial charge in [-0.3, -0.25) is 15.1 Å². The Morgan fingerprint density at radius 2 is 1.56 bits per heavy atom. The van der Waals surface area contributed by atoms with Gasteiger partial charge < -0.3 is 0 Å². The molecule has 0 aliphatic carbocycles. The maximum atomic E-state index is 10.6. The zero-order valence-electron chi connectivity index (χ0n) is 9.29. The van der Waals surface area contributed by atoms with E-state index in [0.29, 0.717) is 5.69 Å². The Bertz CT molecular complexity index is 531. The van der Waals surface area contributed by atoms with Crippen molar-refractivity contribution in [2.75, 3.05) is 5.01 Å². The topological polar surface area (TPSA) is 58.4 Å². The molecule has 2 aromatic carbocycles. The molecule has 92 valence electrons. The summed E-state index contributed by atoms with van der Waals surface area (Å²) in [7, 11) is 0. The van der Waals surface area contributed by atoms with Crippen molar-refractivity contribution in [3.8, 4) is 0 Å². The van der Waals surface area contributed by atoms with Crippen LogP contribution < -0.4 is 9.95 Å². The fourth-order valence-corrected chi connectivity index (χ4v) is 1.74. The molecule has 0 aliphatic heterocycles. The summed E-state index contributed by atoms with van der Waals surface area (Å²) in [6, 6.07) is 15.5. The van der Waals surface area contributed by atoms with Crippen molar-refractivity contribution in [3.05, 3.63) is 64.7 Å². The van der Waals surface area contributed by atoms with Crippen molar-refractivity contribution in [2.45, 2.75) is 0 Å². The van der Waals surface area contributed by atoms with Crippen LogP contribution in [0.3, 0.4) is 0 Å². The number of para-hydroxylation sites is 1. The molecule has 6 heteroatoms. The predicted octanol–water partition coefficient (Wildman–Crippen LogP) is 3.39. The summed E-state index contributed by atoms with van der Waals surface area (Å²) in [6.07, 6.45) is 0. The van der Waals surface area contributed by atoms with Crippen molar-refractivity contribution >= 4 is 28.8 Å². The predicted molar refractivity (Wildman–Crippen MR) is 70.7 cm³/mol. The SMILES string of the molecule is O=[N+]([O-])c1ccc(N(NCl)c2ccccc2)cc1. The number of rotatable bonds is 4. The molecule has 0 spiro atoms. The molecule has 2 rings (SSSR count). The van der Waals surface area contributed by atoms with E-state index in [4.69, 9.17) is 11.8 Å². The van der Waals surface area contributed by atoms with Crippen LogP contribution in [0, 0.1) is 10.1 Å². The van der Waals surface area contributed by atoms with Gasteiger partial charge in [0, 0.05) is 12.1 Å². The van der Waals surface area contributed by atoms with E-state index in [1.807, 2.05) is 30.3 Å². The highest BCUT2D eigenvalue weighted by Gasteiger charge is 2.10. The number of anilines is 2. The van der Waals surface area contributed by atoms with Gasteiger partial charge in [0.2, 0.25) is 0 Å². The van der Waals surface area contributed by atoms with Crippen LogP contribution in [0.2, 0.25) is 0 Å². The number of hydrazine groups is 1. The summed E-state index contributed by atoms with van der Waals surface area (Å²) in [5.74, 6) is 0. The molecule has 2 aromatic rings. The number of nitrogens with one attached hydrogen (secondary N) is 1. The largest absolute Gasteiger partial charge is 0.269 e. The van der Waals surface area contributed by atoms with E-state index in [-0.39, 0.29) is 5.69 Å². The minimum atomic E-state index is -0.440. The molecule has 5 nitrogen and oxygen atoms in total. The van der Waals surface area contributed by atoms with Gasteiger partial charge in [-0.25, -0.2) is 0 Å². The zero-order valence-corrected chi connectivity index (χ0v) is 10.0. The van der Waals surface area contributed by atoms with Crippen LogP contribution in [0.25, 0.3) is 0 Å². The lowest BCUT2D eigenvalue weighted by Crippen LogP contribution is -2.25.